The van der Waals surface area contributed by atoms with Crippen LogP contribution in [0.1, 0.15) is 63.9 Å². The van der Waals surface area contributed by atoms with Gasteiger partial charge < -0.3 is 5.32 Å². The molecule has 0 saturated heterocycles. The van der Waals surface area contributed by atoms with Gasteiger partial charge >= 0.3 is 0 Å². The Morgan fingerprint density at radius 3 is 2.24 bits per heavy atom. The molecule has 0 aliphatic rings. The summed E-state index contributed by atoms with van der Waals surface area (Å²) in [7, 11) is 0. The molecule has 2 heteroatoms. The van der Waals surface area contributed by atoms with E-state index in [1.165, 1.54) is 44.9 Å². The van der Waals surface area contributed by atoms with Crippen LogP contribution >= 0.6 is 0 Å². The van der Waals surface area contributed by atoms with E-state index in [0.717, 1.165) is 18.5 Å². The van der Waals surface area contributed by atoms with Crippen molar-refractivity contribution in [3.8, 4) is 0 Å². The molecule has 0 aliphatic heterocycles. The number of rotatable bonds is 11. The smallest absolute Gasteiger partial charge is 0.243 e. The highest BCUT2D eigenvalue weighted by molar-refractivity contribution is 5.91. The number of amides is 1. The van der Waals surface area contributed by atoms with Crippen molar-refractivity contribution in [1.82, 2.24) is 5.32 Å². The van der Waals surface area contributed by atoms with E-state index in [4.69, 9.17) is 0 Å². The number of hydrogen-bond acceptors (Lipinski definition) is 1. The molecule has 0 unspecified atom stereocenters. The molecule has 1 N–H and O–H groups in total. The molecule has 0 atom stereocenters. The van der Waals surface area contributed by atoms with Gasteiger partial charge in [0.1, 0.15) is 0 Å². The average Bonchev–Trinajstić information content (AvgIpc) is 2.52. The molecular formula is C19H29NO. The molecule has 2 nitrogen and oxygen atoms in total. The van der Waals surface area contributed by atoms with Crippen LogP contribution < -0.4 is 5.32 Å². The van der Waals surface area contributed by atoms with Gasteiger partial charge in [0.15, 0.2) is 0 Å². The third kappa shape index (κ3) is 9.89. The van der Waals surface area contributed by atoms with Gasteiger partial charge in [-0.05, 0) is 18.1 Å². The molecule has 0 aliphatic carbocycles. The van der Waals surface area contributed by atoms with Gasteiger partial charge in [-0.2, -0.15) is 0 Å². The van der Waals surface area contributed by atoms with E-state index >= 15 is 0 Å². The first-order chi connectivity index (χ1) is 10.3. The van der Waals surface area contributed by atoms with Crippen LogP contribution in [0.2, 0.25) is 0 Å². The lowest BCUT2D eigenvalue weighted by atomic mass is 10.1. The lowest BCUT2D eigenvalue weighted by Crippen LogP contribution is -2.21. The molecular weight excluding hydrogens is 258 g/mol. The predicted octanol–water partition coefficient (Wildman–Crippen LogP) is 4.96. The Balaban J connectivity index is 1.97. The van der Waals surface area contributed by atoms with Crippen LogP contribution in [0.3, 0.4) is 0 Å². The second-order valence-electron chi connectivity index (χ2n) is 5.51. The molecule has 0 aromatic heterocycles. The van der Waals surface area contributed by atoms with Crippen molar-refractivity contribution in [2.75, 3.05) is 6.54 Å². The van der Waals surface area contributed by atoms with Crippen LogP contribution in [0.15, 0.2) is 36.4 Å². The predicted molar refractivity (Wildman–Crippen MR) is 91.1 cm³/mol. The standard InChI is InChI=1S/C19H29NO/c1-2-3-4-5-6-7-8-12-17-20-19(21)16-15-18-13-10-9-11-14-18/h9-11,13-16H,2-8,12,17H2,1H3,(H,20,21)/b16-15+. The Bertz CT molecular complexity index is 397. The molecule has 116 valence electrons. The minimum atomic E-state index is 0.00167. The fourth-order valence-electron chi connectivity index (χ4n) is 2.27. The van der Waals surface area contributed by atoms with E-state index in [-0.39, 0.29) is 5.91 Å². The summed E-state index contributed by atoms with van der Waals surface area (Å²) >= 11 is 0. The first-order valence-corrected chi connectivity index (χ1v) is 8.34. The van der Waals surface area contributed by atoms with Gasteiger partial charge in [0.2, 0.25) is 5.91 Å². The molecule has 0 saturated carbocycles. The second-order valence-corrected chi connectivity index (χ2v) is 5.51. The van der Waals surface area contributed by atoms with Crippen molar-refractivity contribution in [3.05, 3.63) is 42.0 Å². The van der Waals surface area contributed by atoms with E-state index in [2.05, 4.69) is 12.2 Å². The number of hydrogen-bond donors (Lipinski definition) is 1. The summed E-state index contributed by atoms with van der Waals surface area (Å²) in [6.07, 6.45) is 13.8. The zero-order valence-corrected chi connectivity index (χ0v) is 13.3. The van der Waals surface area contributed by atoms with Crippen LogP contribution in [0.4, 0.5) is 0 Å². The van der Waals surface area contributed by atoms with Crippen molar-refractivity contribution in [2.45, 2.75) is 58.3 Å². The molecule has 0 radical (unpaired) electrons. The Labute approximate surface area is 129 Å². The highest BCUT2D eigenvalue weighted by Crippen LogP contribution is 2.07. The zero-order chi connectivity index (χ0) is 15.2. The van der Waals surface area contributed by atoms with Gasteiger partial charge in [-0.1, -0.05) is 82.2 Å². The van der Waals surface area contributed by atoms with Crippen molar-refractivity contribution >= 4 is 12.0 Å². The maximum absolute atomic E-state index is 11.6. The Morgan fingerprint density at radius 1 is 0.952 bits per heavy atom. The van der Waals surface area contributed by atoms with Crippen molar-refractivity contribution in [1.29, 1.82) is 0 Å². The Hall–Kier alpha value is -1.57. The largest absolute Gasteiger partial charge is 0.353 e. The number of carbonyl (C=O) groups is 1. The summed E-state index contributed by atoms with van der Waals surface area (Å²) < 4.78 is 0. The molecule has 0 fully saturated rings. The Morgan fingerprint density at radius 2 is 1.57 bits per heavy atom. The topological polar surface area (TPSA) is 29.1 Å². The summed E-state index contributed by atoms with van der Waals surface area (Å²) in [4.78, 5) is 11.6. The van der Waals surface area contributed by atoms with Crippen LogP contribution in [0.25, 0.3) is 6.08 Å². The van der Waals surface area contributed by atoms with Crippen molar-refractivity contribution in [3.63, 3.8) is 0 Å². The summed E-state index contributed by atoms with van der Waals surface area (Å²) in [6, 6.07) is 9.89. The highest BCUT2D eigenvalue weighted by atomic mass is 16.1. The molecule has 1 amide bonds. The maximum atomic E-state index is 11.6. The van der Waals surface area contributed by atoms with E-state index in [1.807, 2.05) is 36.4 Å². The van der Waals surface area contributed by atoms with Gasteiger partial charge in [-0.25, -0.2) is 0 Å². The summed E-state index contributed by atoms with van der Waals surface area (Å²) in [5.74, 6) is 0.00167. The third-order valence-electron chi connectivity index (χ3n) is 3.56. The zero-order valence-electron chi connectivity index (χ0n) is 13.3. The quantitative estimate of drug-likeness (QED) is 0.452. The summed E-state index contributed by atoms with van der Waals surface area (Å²) in [5.41, 5.74) is 1.06. The normalized spacial score (nSPS) is 10.9. The molecule has 21 heavy (non-hydrogen) atoms. The molecule has 0 spiro atoms. The minimum absolute atomic E-state index is 0.00167. The number of unbranched alkanes of at least 4 members (excludes halogenated alkanes) is 7. The number of nitrogens with one attached hydrogen (secondary N) is 1. The highest BCUT2D eigenvalue weighted by Gasteiger charge is 1.95. The minimum Gasteiger partial charge on any atom is -0.353 e. The maximum Gasteiger partial charge on any atom is 0.243 e. The molecule has 1 rings (SSSR count). The van der Waals surface area contributed by atoms with E-state index in [9.17, 15) is 4.79 Å². The fourth-order valence-corrected chi connectivity index (χ4v) is 2.27. The summed E-state index contributed by atoms with van der Waals surface area (Å²) in [6.45, 7) is 3.03. The van der Waals surface area contributed by atoms with Crippen LogP contribution in [-0.2, 0) is 4.79 Å². The van der Waals surface area contributed by atoms with Gasteiger partial charge in [-0.15, -0.1) is 0 Å². The second kappa shape index (κ2) is 12.2. The van der Waals surface area contributed by atoms with E-state index in [1.54, 1.807) is 6.08 Å². The van der Waals surface area contributed by atoms with E-state index in [0.29, 0.717) is 0 Å². The van der Waals surface area contributed by atoms with Crippen LogP contribution in [-0.4, -0.2) is 12.5 Å². The first kappa shape index (κ1) is 17.5. The van der Waals surface area contributed by atoms with Gasteiger partial charge in [0.25, 0.3) is 0 Å². The Kier molecular flexibility index (Phi) is 10.1. The van der Waals surface area contributed by atoms with Crippen molar-refractivity contribution < 1.29 is 4.79 Å². The number of carbonyl (C=O) groups excluding carboxylic acids is 1. The van der Waals surface area contributed by atoms with Crippen LogP contribution in [0.5, 0.6) is 0 Å². The van der Waals surface area contributed by atoms with Gasteiger partial charge in [0, 0.05) is 12.6 Å². The third-order valence-corrected chi connectivity index (χ3v) is 3.56. The fraction of sp³-hybridized carbons (Fsp3) is 0.526. The lowest BCUT2D eigenvalue weighted by molar-refractivity contribution is -0.116. The van der Waals surface area contributed by atoms with Gasteiger partial charge in [-0.3, -0.25) is 4.79 Å². The average molecular weight is 287 g/mol. The first-order valence-electron chi connectivity index (χ1n) is 8.34. The lowest BCUT2D eigenvalue weighted by Gasteiger charge is -2.03. The van der Waals surface area contributed by atoms with Crippen LogP contribution in [0, 0.1) is 0 Å². The van der Waals surface area contributed by atoms with Gasteiger partial charge in [0.05, 0.1) is 0 Å². The SMILES string of the molecule is CCCCCCCCCCNC(=O)/C=C/c1ccccc1. The molecule has 1 aromatic rings. The summed E-state index contributed by atoms with van der Waals surface area (Å²) in [5, 5.41) is 2.94. The monoisotopic (exact) mass is 287 g/mol. The molecule has 0 heterocycles. The van der Waals surface area contributed by atoms with E-state index < -0.39 is 0 Å². The molecule has 1 aromatic carbocycles. The number of benzene rings is 1. The van der Waals surface area contributed by atoms with Crippen molar-refractivity contribution in [2.24, 2.45) is 0 Å². The molecule has 0 bridgehead atoms.